The lowest BCUT2D eigenvalue weighted by atomic mass is 10.1. The molecule has 0 fully saturated rings. The highest BCUT2D eigenvalue weighted by Gasteiger charge is 2.24. The van der Waals surface area contributed by atoms with Gasteiger partial charge in [-0.1, -0.05) is 42.5 Å². The fraction of sp³-hybridized carbons (Fsp3) is 0.200. The Kier molecular flexibility index (Phi) is 7.51. The van der Waals surface area contributed by atoms with Crippen molar-refractivity contribution in [3.05, 3.63) is 72.6 Å². The average Bonchev–Trinajstić information content (AvgIpc) is 2.68. The first-order valence-corrected chi connectivity index (χ1v) is 10.0. The summed E-state index contributed by atoms with van der Waals surface area (Å²) < 4.78 is 26.9. The normalized spacial score (nSPS) is 11.2. The number of pyridine rings is 1. The van der Waals surface area contributed by atoms with Crippen molar-refractivity contribution in [2.45, 2.75) is 11.3 Å². The number of carbonyl (C=O) groups is 1. The first kappa shape index (κ1) is 21.8. The van der Waals surface area contributed by atoms with E-state index >= 15 is 0 Å². The van der Waals surface area contributed by atoms with Crippen molar-refractivity contribution in [2.75, 3.05) is 20.1 Å². The van der Waals surface area contributed by atoms with Gasteiger partial charge < -0.3 is 5.32 Å². The highest BCUT2D eigenvalue weighted by molar-refractivity contribution is 7.89. The number of rotatable bonds is 7. The Morgan fingerprint density at radius 1 is 1.07 bits per heavy atom. The van der Waals surface area contributed by atoms with E-state index in [1.54, 1.807) is 36.7 Å². The molecule has 3 aromatic rings. The molecule has 0 aliphatic heterocycles. The molecule has 8 heteroatoms. The van der Waals surface area contributed by atoms with Gasteiger partial charge >= 0.3 is 0 Å². The number of carbonyl (C=O) groups excluding carboxylic acids is 1. The molecule has 3 rings (SSSR count). The molecule has 1 amide bonds. The largest absolute Gasteiger partial charge is 0.355 e. The molecule has 0 spiro atoms. The zero-order valence-corrected chi connectivity index (χ0v) is 17.0. The average molecular weight is 420 g/mol. The van der Waals surface area contributed by atoms with Crippen molar-refractivity contribution in [1.29, 1.82) is 0 Å². The van der Waals surface area contributed by atoms with E-state index in [-0.39, 0.29) is 29.8 Å². The molecular weight excluding hydrogens is 398 g/mol. The lowest BCUT2D eigenvalue weighted by Gasteiger charge is -2.18. The number of benzene rings is 2. The first-order chi connectivity index (χ1) is 13.0. The van der Waals surface area contributed by atoms with Crippen LogP contribution in [0.1, 0.15) is 5.56 Å². The molecule has 0 atom stereocenters. The zero-order chi connectivity index (χ0) is 19.3. The van der Waals surface area contributed by atoms with Crippen LogP contribution in [-0.2, 0) is 21.2 Å². The van der Waals surface area contributed by atoms with Crippen molar-refractivity contribution in [3.63, 3.8) is 0 Å². The van der Waals surface area contributed by atoms with Crippen molar-refractivity contribution in [2.24, 2.45) is 0 Å². The molecule has 0 unspecified atom stereocenters. The van der Waals surface area contributed by atoms with Gasteiger partial charge in [0.05, 0.1) is 11.4 Å². The van der Waals surface area contributed by atoms with E-state index in [4.69, 9.17) is 0 Å². The van der Waals surface area contributed by atoms with Gasteiger partial charge in [0.15, 0.2) is 0 Å². The van der Waals surface area contributed by atoms with Gasteiger partial charge in [-0.15, -0.1) is 12.4 Å². The van der Waals surface area contributed by atoms with Crippen LogP contribution in [0.2, 0.25) is 0 Å². The molecule has 28 heavy (non-hydrogen) atoms. The molecule has 0 aliphatic rings. The summed E-state index contributed by atoms with van der Waals surface area (Å²) in [7, 11) is -2.38. The molecule has 0 radical (unpaired) electrons. The van der Waals surface area contributed by atoms with Gasteiger partial charge in [0.1, 0.15) is 0 Å². The molecule has 6 nitrogen and oxygen atoms in total. The van der Waals surface area contributed by atoms with E-state index in [0.29, 0.717) is 18.4 Å². The van der Waals surface area contributed by atoms with Crippen LogP contribution in [0.15, 0.2) is 71.9 Å². The fourth-order valence-electron chi connectivity index (χ4n) is 2.82. The quantitative estimate of drug-likeness (QED) is 0.638. The molecule has 1 heterocycles. The lowest BCUT2D eigenvalue weighted by Crippen LogP contribution is -2.39. The molecular formula is C20H22ClN3O3S. The SMILES string of the molecule is CN(CC(=O)NCCc1ccccc1)S(=O)(=O)c1cccc2cnccc12.Cl. The van der Waals surface area contributed by atoms with E-state index in [9.17, 15) is 13.2 Å². The Balaban J connectivity index is 0.00000280. The first-order valence-electron chi connectivity index (χ1n) is 8.58. The fourth-order valence-corrected chi connectivity index (χ4v) is 4.16. The molecule has 0 saturated carbocycles. The summed E-state index contributed by atoms with van der Waals surface area (Å²) in [4.78, 5) is 16.3. The minimum atomic E-state index is -3.79. The van der Waals surface area contributed by atoms with Crippen LogP contribution < -0.4 is 5.32 Å². The second-order valence-electron chi connectivity index (χ2n) is 6.20. The standard InChI is InChI=1S/C20H21N3O3S.ClH/c1-23(15-20(24)22-13-10-16-6-3-2-4-7-16)27(25,26)19-9-5-8-17-14-21-12-11-18(17)19;/h2-9,11-12,14H,10,13,15H2,1H3,(H,22,24);1H. The van der Waals surface area contributed by atoms with Crippen LogP contribution in [0.25, 0.3) is 10.8 Å². The molecule has 0 aliphatic carbocycles. The third-order valence-electron chi connectivity index (χ3n) is 4.27. The number of aromatic nitrogens is 1. The van der Waals surface area contributed by atoms with Crippen molar-refractivity contribution in [1.82, 2.24) is 14.6 Å². The molecule has 148 valence electrons. The topological polar surface area (TPSA) is 79.4 Å². The summed E-state index contributed by atoms with van der Waals surface area (Å²) in [5.41, 5.74) is 1.11. The summed E-state index contributed by atoms with van der Waals surface area (Å²) in [5, 5.41) is 4.09. The van der Waals surface area contributed by atoms with E-state index in [2.05, 4.69) is 10.3 Å². The van der Waals surface area contributed by atoms with Gasteiger partial charge in [0.2, 0.25) is 15.9 Å². The summed E-state index contributed by atoms with van der Waals surface area (Å²) >= 11 is 0. The van der Waals surface area contributed by atoms with E-state index in [1.165, 1.54) is 7.05 Å². The van der Waals surface area contributed by atoms with Gasteiger partial charge in [0, 0.05) is 36.8 Å². The highest BCUT2D eigenvalue weighted by atomic mass is 35.5. The van der Waals surface area contributed by atoms with Gasteiger partial charge in [-0.2, -0.15) is 4.31 Å². The summed E-state index contributed by atoms with van der Waals surface area (Å²) in [6.07, 6.45) is 3.86. The molecule has 0 saturated heterocycles. The van der Waals surface area contributed by atoms with Gasteiger partial charge in [0.25, 0.3) is 0 Å². The molecule has 1 N–H and O–H groups in total. The number of nitrogens with zero attached hydrogens (tertiary/aromatic N) is 2. The van der Waals surface area contributed by atoms with E-state index in [0.717, 1.165) is 15.3 Å². The highest BCUT2D eigenvalue weighted by Crippen LogP contribution is 2.24. The monoisotopic (exact) mass is 419 g/mol. The number of hydrogen-bond donors (Lipinski definition) is 1. The second-order valence-corrected chi connectivity index (χ2v) is 8.21. The van der Waals surface area contributed by atoms with Crippen LogP contribution in [0.3, 0.4) is 0 Å². The van der Waals surface area contributed by atoms with Crippen molar-refractivity contribution >= 4 is 39.1 Å². The zero-order valence-electron chi connectivity index (χ0n) is 15.4. The van der Waals surface area contributed by atoms with Gasteiger partial charge in [-0.3, -0.25) is 9.78 Å². The number of halogens is 1. The van der Waals surface area contributed by atoms with Crippen molar-refractivity contribution < 1.29 is 13.2 Å². The van der Waals surface area contributed by atoms with Crippen LogP contribution in [-0.4, -0.2) is 43.8 Å². The van der Waals surface area contributed by atoms with Gasteiger partial charge in [-0.05, 0) is 24.1 Å². The lowest BCUT2D eigenvalue weighted by molar-refractivity contribution is -0.121. The van der Waals surface area contributed by atoms with Crippen LogP contribution in [0.4, 0.5) is 0 Å². The third kappa shape index (κ3) is 5.07. The predicted molar refractivity (Wildman–Crippen MR) is 112 cm³/mol. The Bertz CT molecular complexity index is 1040. The number of amides is 1. The number of sulfonamides is 1. The molecule has 0 bridgehead atoms. The number of likely N-dealkylation sites (N-methyl/N-ethyl adjacent to an activating group) is 1. The van der Waals surface area contributed by atoms with Crippen LogP contribution >= 0.6 is 12.4 Å². The summed E-state index contributed by atoms with van der Waals surface area (Å²) in [6.45, 7) is 0.218. The Morgan fingerprint density at radius 2 is 1.82 bits per heavy atom. The summed E-state index contributed by atoms with van der Waals surface area (Å²) in [5.74, 6) is -0.334. The maximum atomic E-state index is 12.9. The van der Waals surface area contributed by atoms with Gasteiger partial charge in [-0.25, -0.2) is 8.42 Å². The molecule has 2 aromatic carbocycles. The number of nitrogens with one attached hydrogen (secondary N) is 1. The minimum absolute atomic E-state index is 0. The summed E-state index contributed by atoms with van der Waals surface area (Å²) in [6, 6.07) is 16.5. The van der Waals surface area contributed by atoms with E-state index in [1.807, 2.05) is 30.3 Å². The van der Waals surface area contributed by atoms with Crippen LogP contribution in [0.5, 0.6) is 0 Å². The van der Waals surface area contributed by atoms with Crippen molar-refractivity contribution in [3.8, 4) is 0 Å². The minimum Gasteiger partial charge on any atom is -0.355 e. The smallest absolute Gasteiger partial charge is 0.243 e. The maximum Gasteiger partial charge on any atom is 0.243 e. The van der Waals surface area contributed by atoms with E-state index < -0.39 is 10.0 Å². The Morgan fingerprint density at radius 3 is 2.57 bits per heavy atom. The Labute approximate surface area is 171 Å². The molecule has 1 aromatic heterocycles. The maximum absolute atomic E-state index is 12.9. The van der Waals surface area contributed by atoms with Crippen LogP contribution in [0, 0.1) is 0 Å². The predicted octanol–water partition coefficient (Wildman–Crippen LogP) is 2.64. The number of hydrogen-bond acceptors (Lipinski definition) is 4. The number of fused-ring (bicyclic) bond motifs is 1. The second kappa shape index (κ2) is 9.64. The third-order valence-corrected chi connectivity index (χ3v) is 6.14. The Hall–Kier alpha value is -2.48.